The number of halogens is 2. The van der Waals surface area contributed by atoms with Crippen LogP contribution in [0.4, 0.5) is 0 Å². The number of carbonyl (C=O) groups is 1. The first-order valence-corrected chi connectivity index (χ1v) is 9.00. The Balaban J connectivity index is 1.42. The second kappa shape index (κ2) is 7.05. The van der Waals surface area contributed by atoms with Gasteiger partial charge in [0.2, 0.25) is 0 Å². The number of hydrogen-bond acceptors (Lipinski definition) is 4. The lowest BCUT2D eigenvalue weighted by Gasteiger charge is -2.40. The van der Waals surface area contributed by atoms with Crippen molar-refractivity contribution >= 4 is 46.4 Å². The van der Waals surface area contributed by atoms with E-state index in [1.54, 1.807) is 18.3 Å². The lowest BCUT2D eigenvalue weighted by atomic mass is 9.95. The summed E-state index contributed by atoms with van der Waals surface area (Å²) in [6, 6.07) is 14.8. The first kappa shape index (κ1) is 17.0. The number of benzene rings is 2. The predicted molar refractivity (Wildman–Crippen MR) is 101 cm³/mol. The molecule has 1 aliphatic heterocycles. The van der Waals surface area contributed by atoms with Crippen LogP contribution in [0, 0.1) is 0 Å². The summed E-state index contributed by atoms with van der Waals surface area (Å²) in [4.78, 5) is 12.0. The Morgan fingerprint density at radius 1 is 1.15 bits per heavy atom. The second-order valence-electron chi connectivity index (χ2n) is 5.97. The normalized spacial score (nSPS) is 20.1. The summed E-state index contributed by atoms with van der Waals surface area (Å²) in [6.07, 6.45) is 2.33. The number of hydrazone groups is 1. The number of para-hydroxylation sites is 1. The predicted octanol–water partition coefficient (Wildman–Crippen LogP) is 3.65. The zero-order chi connectivity index (χ0) is 18.1. The Bertz CT molecular complexity index is 969. The molecule has 1 saturated heterocycles. The number of amides is 1. The SMILES string of the molecule is O=C1C(Cl)C(c2ccc(Cl)cc2)N1/N=C/CCn1nnc2ccccc21. The molecule has 132 valence electrons. The highest BCUT2D eigenvalue weighted by Gasteiger charge is 2.47. The fourth-order valence-electron chi connectivity index (χ4n) is 2.95. The van der Waals surface area contributed by atoms with E-state index in [1.165, 1.54) is 5.01 Å². The first-order chi connectivity index (χ1) is 12.6. The number of hydrogen-bond donors (Lipinski definition) is 0. The van der Waals surface area contributed by atoms with Gasteiger partial charge in [0.1, 0.15) is 16.9 Å². The van der Waals surface area contributed by atoms with E-state index >= 15 is 0 Å². The van der Waals surface area contributed by atoms with Crippen LogP contribution in [0.3, 0.4) is 0 Å². The zero-order valence-corrected chi connectivity index (χ0v) is 15.2. The molecule has 6 nitrogen and oxygen atoms in total. The quantitative estimate of drug-likeness (QED) is 0.381. The van der Waals surface area contributed by atoms with Crippen LogP contribution in [0.25, 0.3) is 11.0 Å². The van der Waals surface area contributed by atoms with Crippen LogP contribution in [-0.4, -0.2) is 37.5 Å². The molecule has 0 bridgehead atoms. The molecule has 3 aromatic rings. The minimum Gasteiger partial charge on any atom is -0.271 e. The van der Waals surface area contributed by atoms with Crippen LogP contribution < -0.4 is 0 Å². The average molecular weight is 388 g/mol. The highest BCUT2D eigenvalue weighted by atomic mass is 35.5. The second-order valence-corrected chi connectivity index (χ2v) is 6.88. The summed E-state index contributed by atoms with van der Waals surface area (Å²) < 4.78 is 1.82. The third-order valence-corrected chi connectivity index (χ3v) is 4.99. The van der Waals surface area contributed by atoms with E-state index in [1.807, 2.05) is 41.1 Å². The van der Waals surface area contributed by atoms with E-state index in [0.717, 1.165) is 16.6 Å². The van der Waals surface area contributed by atoms with E-state index < -0.39 is 5.38 Å². The Hall–Kier alpha value is -2.44. The molecular weight excluding hydrogens is 373 g/mol. The molecule has 0 radical (unpaired) electrons. The first-order valence-electron chi connectivity index (χ1n) is 8.18. The summed E-state index contributed by atoms with van der Waals surface area (Å²) in [5.74, 6) is -0.200. The van der Waals surface area contributed by atoms with E-state index in [9.17, 15) is 4.79 Å². The smallest absolute Gasteiger partial charge is 0.263 e. The van der Waals surface area contributed by atoms with Gasteiger partial charge in [-0.2, -0.15) is 5.10 Å². The van der Waals surface area contributed by atoms with E-state index in [4.69, 9.17) is 23.2 Å². The third kappa shape index (κ3) is 3.06. The van der Waals surface area contributed by atoms with Crippen LogP contribution in [0.2, 0.25) is 5.02 Å². The fourth-order valence-corrected chi connectivity index (χ4v) is 3.43. The van der Waals surface area contributed by atoms with Crippen LogP contribution >= 0.6 is 23.2 Å². The minimum atomic E-state index is -0.604. The van der Waals surface area contributed by atoms with Gasteiger partial charge in [0, 0.05) is 24.2 Å². The van der Waals surface area contributed by atoms with Crippen LogP contribution in [0.15, 0.2) is 53.6 Å². The zero-order valence-electron chi connectivity index (χ0n) is 13.7. The number of aryl methyl sites for hydroxylation is 1. The summed E-state index contributed by atoms with van der Waals surface area (Å²) in [5, 5.41) is 14.0. The molecule has 2 aromatic carbocycles. The van der Waals surface area contributed by atoms with Crippen molar-refractivity contribution in [2.75, 3.05) is 0 Å². The van der Waals surface area contributed by atoms with Crippen LogP contribution in [0.5, 0.6) is 0 Å². The number of aromatic nitrogens is 3. The van der Waals surface area contributed by atoms with Crippen LogP contribution in [0.1, 0.15) is 18.0 Å². The Morgan fingerprint density at radius 2 is 1.92 bits per heavy atom. The number of carbonyl (C=O) groups excluding carboxylic acids is 1. The Labute approximate surface area is 160 Å². The van der Waals surface area contributed by atoms with Crippen molar-refractivity contribution in [2.24, 2.45) is 5.10 Å². The van der Waals surface area contributed by atoms with Gasteiger partial charge in [-0.05, 0) is 29.8 Å². The number of alkyl halides is 1. The molecule has 2 unspecified atom stereocenters. The lowest BCUT2D eigenvalue weighted by molar-refractivity contribution is -0.145. The van der Waals surface area contributed by atoms with Crippen molar-refractivity contribution in [3.05, 3.63) is 59.1 Å². The van der Waals surface area contributed by atoms with Gasteiger partial charge in [0.15, 0.2) is 0 Å². The lowest BCUT2D eigenvalue weighted by Crippen LogP contribution is -2.53. The maximum atomic E-state index is 12.0. The standard InChI is InChI=1S/C18H15Cl2N5O/c19-13-8-6-12(7-9-13)17-16(20)18(26)25(17)21-10-3-11-24-15-5-2-1-4-14(15)22-23-24/h1-2,4-10,16-17H,3,11H2/b21-10+. The van der Waals surface area contributed by atoms with Gasteiger partial charge in [0.25, 0.3) is 5.91 Å². The summed E-state index contributed by atoms with van der Waals surface area (Å²) in [5.41, 5.74) is 2.74. The van der Waals surface area contributed by atoms with Crippen molar-refractivity contribution in [1.29, 1.82) is 0 Å². The summed E-state index contributed by atoms with van der Waals surface area (Å²) >= 11 is 12.1. The van der Waals surface area contributed by atoms with E-state index in [0.29, 0.717) is 18.0 Å². The summed E-state index contributed by atoms with van der Waals surface area (Å²) in [6.45, 7) is 0.627. The molecule has 2 heterocycles. The monoisotopic (exact) mass is 387 g/mol. The van der Waals surface area contributed by atoms with Gasteiger partial charge < -0.3 is 0 Å². The molecule has 0 saturated carbocycles. The number of β-lactam (4-membered cyclic amide) rings is 1. The van der Waals surface area contributed by atoms with Crippen LogP contribution in [-0.2, 0) is 11.3 Å². The maximum absolute atomic E-state index is 12.0. The molecule has 1 aromatic heterocycles. The van der Waals surface area contributed by atoms with Gasteiger partial charge in [-0.1, -0.05) is 41.1 Å². The van der Waals surface area contributed by atoms with Gasteiger partial charge >= 0.3 is 0 Å². The van der Waals surface area contributed by atoms with Crippen molar-refractivity contribution in [3.8, 4) is 0 Å². The molecule has 1 aliphatic rings. The Kier molecular flexibility index (Phi) is 4.61. The number of fused-ring (bicyclic) bond motifs is 1. The maximum Gasteiger partial charge on any atom is 0.263 e. The molecule has 0 N–H and O–H groups in total. The van der Waals surface area contributed by atoms with Gasteiger partial charge in [-0.3, -0.25) is 4.79 Å². The number of nitrogens with zero attached hydrogens (tertiary/aromatic N) is 5. The van der Waals surface area contributed by atoms with E-state index in [-0.39, 0.29) is 11.9 Å². The molecule has 26 heavy (non-hydrogen) atoms. The molecule has 4 rings (SSSR count). The topological polar surface area (TPSA) is 63.4 Å². The van der Waals surface area contributed by atoms with Crippen molar-refractivity contribution in [2.45, 2.75) is 24.4 Å². The third-order valence-electron chi connectivity index (χ3n) is 4.31. The molecule has 2 atom stereocenters. The average Bonchev–Trinajstić information content (AvgIpc) is 3.08. The number of rotatable bonds is 5. The van der Waals surface area contributed by atoms with Crippen molar-refractivity contribution in [3.63, 3.8) is 0 Å². The summed E-state index contributed by atoms with van der Waals surface area (Å²) in [7, 11) is 0. The fraction of sp³-hybridized carbons (Fsp3) is 0.222. The minimum absolute atomic E-state index is 0.200. The largest absolute Gasteiger partial charge is 0.271 e. The molecule has 8 heteroatoms. The molecule has 1 fully saturated rings. The van der Waals surface area contributed by atoms with Gasteiger partial charge in [-0.25, -0.2) is 9.69 Å². The van der Waals surface area contributed by atoms with Gasteiger partial charge in [-0.15, -0.1) is 16.7 Å². The molecule has 1 amide bonds. The Morgan fingerprint density at radius 3 is 2.73 bits per heavy atom. The highest BCUT2D eigenvalue weighted by Crippen LogP contribution is 2.39. The highest BCUT2D eigenvalue weighted by molar-refractivity contribution is 6.33. The molecule has 0 aliphatic carbocycles. The van der Waals surface area contributed by atoms with E-state index in [2.05, 4.69) is 15.4 Å². The molecule has 0 spiro atoms. The van der Waals surface area contributed by atoms with Crippen molar-refractivity contribution < 1.29 is 4.79 Å². The van der Waals surface area contributed by atoms with Gasteiger partial charge in [0.05, 0.1) is 5.52 Å². The van der Waals surface area contributed by atoms with Crippen molar-refractivity contribution in [1.82, 2.24) is 20.0 Å². The molecular formula is C18H15Cl2N5O.